The highest BCUT2D eigenvalue weighted by Crippen LogP contribution is 2.15. The molecule has 0 unspecified atom stereocenters. The Hall–Kier alpha value is -1.77. The van der Waals surface area contributed by atoms with Crippen molar-refractivity contribution < 1.29 is 9.90 Å². The summed E-state index contributed by atoms with van der Waals surface area (Å²) in [5, 5.41) is 8.79. The average Bonchev–Trinajstić information content (AvgIpc) is 2.30. The zero-order valence-corrected chi connectivity index (χ0v) is 11.3. The average molecular weight is 247 g/mol. The normalized spacial score (nSPS) is 9.94. The summed E-state index contributed by atoms with van der Waals surface area (Å²) in [5.41, 5.74) is 3.51. The summed E-state index contributed by atoms with van der Waals surface area (Å²) in [7, 11) is 0. The summed E-state index contributed by atoms with van der Waals surface area (Å²) in [6, 6.07) is 8.17. The highest BCUT2D eigenvalue weighted by Gasteiger charge is 2.07. The highest BCUT2D eigenvalue weighted by molar-refractivity contribution is 5.67. The number of allylic oxidation sites excluding steroid dienone is 1. The van der Waals surface area contributed by atoms with E-state index in [0.29, 0.717) is 6.54 Å². The van der Waals surface area contributed by atoms with Crippen molar-refractivity contribution in [2.24, 2.45) is 0 Å². The molecule has 0 saturated carbocycles. The van der Waals surface area contributed by atoms with Gasteiger partial charge in [-0.05, 0) is 32.9 Å². The highest BCUT2D eigenvalue weighted by atomic mass is 16.4. The Morgan fingerprint density at radius 2 is 1.89 bits per heavy atom. The van der Waals surface area contributed by atoms with Crippen LogP contribution >= 0.6 is 0 Å². The van der Waals surface area contributed by atoms with E-state index in [9.17, 15) is 4.79 Å². The molecule has 3 nitrogen and oxygen atoms in total. The molecule has 0 spiro atoms. The Balaban J connectivity index is 2.78. The van der Waals surface area contributed by atoms with Gasteiger partial charge in [0.05, 0.1) is 6.42 Å². The number of hydrogen-bond donors (Lipinski definition) is 1. The van der Waals surface area contributed by atoms with E-state index in [1.54, 1.807) is 0 Å². The predicted octanol–water partition coefficient (Wildman–Crippen LogP) is 3.24. The fourth-order valence-electron chi connectivity index (χ4n) is 1.60. The maximum atomic E-state index is 10.7. The Bertz CT molecular complexity index is 417. The fraction of sp³-hybridized carbons (Fsp3) is 0.400. The molecule has 1 N–H and O–H groups in total. The van der Waals surface area contributed by atoms with Crippen LogP contribution < -0.4 is 4.90 Å². The first-order valence-corrected chi connectivity index (χ1v) is 6.16. The molecule has 3 heteroatoms. The van der Waals surface area contributed by atoms with Gasteiger partial charge in [0.25, 0.3) is 0 Å². The van der Waals surface area contributed by atoms with E-state index in [-0.39, 0.29) is 6.42 Å². The van der Waals surface area contributed by atoms with Crippen LogP contribution in [-0.2, 0) is 4.79 Å². The fourth-order valence-corrected chi connectivity index (χ4v) is 1.60. The van der Waals surface area contributed by atoms with Gasteiger partial charge in [0.15, 0.2) is 0 Å². The van der Waals surface area contributed by atoms with Crippen LogP contribution in [0.3, 0.4) is 0 Å². The number of carbonyl (C=O) groups is 1. The summed E-state index contributed by atoms with van der Waals surface area (Å²) in [5.74, 6) is -0.760. The largest absolute Gasteiger partial charge is 0.481 e. The zero-order valence-electron chi connectivity index (χ0n) is 11.3. The number of hydrogen-bond acceptors (Lipinski definition) is 2. The van der Waals surface area contributed by atoms with Gasteiger partial charge in [-0.2, -0.15) is 0 Å². The lowest BCUT2D eigenvalue weighted by Crippen LogP contribution is -2.26. The van der Waals surface area contributed by atoms with Crippen LogP contribution in [0, 0.1) is 6.92 Å². The van der Waals surface area contributed by atoms with Crippen LogP contribution in [0.2, 0.25) is 0 Å². The zero-order chi connectivity index (χ0) is 13.5. The van der Waals surface area contributed by atoms with E-state index >= 15 is 0 Å². The van der Waals surface area contributed by atoms with Gasteiger partial charge in [0.2, 0.25) is 0 Å². The first kappa shape index (κ1) is 14.3. The molecule has 0 radical (unpaired) electrons. The van der Waals surface area contributed by atoms with Crippen molar-refractivity contribution >= 4 is 11.7 Å². The van der Waals surface area contributed by atoms with Crippen molar-refractivity contribution in [2.45, 2.75) is 27.2 Å². The van der Waals surface area contributed by atoms with Gasteiger partial charge in [-0.15, -0.1) is 0 Å². The first-order chi connectivity index (χ1) is 8.49. The molecule has 0 aliphatic rings. The van der Waals surface area contributed by atoms with E-state index in [4.69, 9.17) is 5.11 Å². The van der Waals surface area contributed by atoms with E-state index in [1.807, 2.05) is 45.0 Å². The summed E-state index contributed by atoms with van der Waals surface area (Å²) in [6.45, 7) is 7.41. The van der Waals surface area contributed by atoms with Crippen molar-refractivity contribution in [1.82, 2.24) is 0 Å². The minimum absolute atomic E-state index is 0.157. The quantitative estimate of drug-likeness (QED) is 0.784. The molecule has 0 amide bonds. The summed E-state index contributed by atoms with van der Waals surface area (Å²) in [4.78, 5) is 12.8. The van der Waals surface area contributed by atoms with E-state index in [0.717, 1.165) is 12.2 Å². The second kappa shape index (κ2) is 6.84. The van der Waals surface area contributed by atoms with E-state index in [2.05, 4.69) is 11.0 Å². The van der Waals surface area contributed by atoms with Crippen LogP contribution in [0.25, 0.3) is 0 Å². The number of rotatable bonds is 6. The van der Waals surface area contributed by atoms with Gasteiger partial charge >= 0.3 is 5.97 Å². The monoisotopic (exact) mass is 247 g/mol. The minimum Gasteiger partial charge on any atom is -0.481 e. The second-order valence-corrected chi connectivity index (χ2v) is 4.71. The Morgan fingerprint density at radius 3 is 2.39 bits per heavy atom. The predicted molar refractivity (Wildman–Crippen MR) is 75.1 cm³/mol. The van der Waals surface area contributed by atoms with Gasteiger partial charge in [-0.3, -0.25) is 4.79 Å². The topological polar surface area (TPSA) is 40.5 Å². The third kappa shape index (κ3) is 5.04. The molecule has 0 heterocycles. The van der Waals surface area contributed by atoms with Crippen molar-refractivity contribution in [1.29, 1.82) is 0 Å². The molecule has 1 aromatic rings. The smallest absolute Gasteiger partial charge is 0.305 e. The Morgan fingerprint density at radius 1 is 1.28 bits per heavy atom. The number of aliphatic carboxylic acids is 1. The summed E-state index contributed by atoms with van der Waals surface area (Å²) >= 11 is 0. The van der Waals surface area contributed by atoms with Crippen LogP contribution in [-0.4, -0.2) is 24.2 Å². The first-order valence-electron chi connectivity index (χ1n) is 6.16. The molecule has 0 atom stereocenters. The Kier molecular flexibility index (Phi) is 5.43. The van der Waals surface area contributed by atoms with Gasteiger partial charge in [-0.25, -0.2) is 0 Å². The molecule has 0 fully saturated rings. The molecular weight excluding hydrogens is 226 g/mol. The number of carboxylic acids is 1. The standard InChI is InChI=1S/C15H21NO2/c1-12(2)8-10-16(11-9-15(17)18)14-6-4-13(3)5-7-14/h4-8H,9-11H2,1-3H3,(H,17,18). The number of nitrogens with zero attached hydrogens (tertiary/aromatic N) is 1. The SMILES string of the molecule is CC(C)=CCN(CCC(=O)O)c1ccc(C)cc1. The summed E-state index contributed by atoms with van der Waals surface area (Å²) in [6.07, 6.45) is 2.27. The molecule has 0 bridgehead atoms. The van der Waals surface area contributed by atoms with Gasteiger partial charge < -0.3 is 10.0 Å². The van der Waals surface area contributed by atoms with Crippen LogP contribution in [0.5, 0.6) is 0 Å². The molecule has 0 aromatic heterocycles. The second-order valence-electron chi connectivity index (χ2n) is 4.71. The number of benzene rings is 1. The van der Waals surface area contributed by atoms with Crippen molar-refractivity contribution in [3.05, 3.63) is 41.5 Å². The third-order valence-electron chi connectivity index (χ3n) is 2.71. The number of anilines is 1. The minimum atomic E-state index is -0.760. The number of carboxylic acid groups (broad SMARTS) is 1. The maximum absolute atomic E-state index is 10.7. The number of aryl methyl sites for hydroxylation is 1. The van der Waals surface area contributed by atoms with Gasteiger partial charge in [0.1, 0.15) is 0 Å². The molecular formula is C15H21NO2. The molecule has 0 aliphatic heterocycles. The molecule has 18 heavy (non-hydrogen) atoms. The van der Waals surface area contributed by atoms with Gasteiger partial charge in [-0.1, -0.05) is 29.3 Å². The molecule has 0 aliphatic carbocycles. The van der Waals surface area contributed by atoms with Gasteiger partial charge in [0, 0.05) is 18.8 Å². The van der Waals surface area contributed by atoms with Crippen molar-refractivity contribution in [2.75, 3.05) is 18.0 Å². The summed E-state index contributed by atoms with van der Waals surface area (Å²) < 4.78 is 0. The van der Waals surface area contributed by atoms with Crippen molar-refractivity contribution in [3.8, 4) is 0 Å². The van der Waals surface area contributed by atoms with Crippen LogP contribution in [0.4, 0.5) is 5.69 Å². The molecule has 98 valence electrons. The van der Waals surface area contributed by atoms with E-state index < -0.39 is 5.97 Å². The molecule has 1 aromatic carbocycles. The lowest BCUT2D eigenvalue weighted by Gasteiger charge is -2.23. The van der Waals surface area contributed by atoms with Crippen LogP contribution in [0.1, 0.15) is 25.8 Å². The third-order valence-corrected chi connectivity index (χ3v) is 2.71. The van der Waals surface area contributed by atoms with E-state index in [1.165, 1.54) is 11.1 Å². The van der Waals surface area contributed by atoms with Crippen LogP contribution in [0.15, 0.2) is 35.9 Å². The lowest BCUT2D eigenvalue weighted by molar-refractivity contribution is -0.136. The Labute approximate surface area is 109 Å². The molecule has 0 saturated heterocycles. The lowest BCUT2D eigenvalue weighted by atomic mass is 10.2. The van der Waals surface area contributed by atoms with Crippen molar-refractivity contribution in [3.63, 3.8) is 0 Å². The maximum Gasteiger partial charge on any atom is 0.305 e. The molecule has 1 rings (SSSR count).